The number of rotatable bonds is 5. The maximum absolute atomic E-state index is 12.9. The van der Waals surface area contributed by atoms with Crippen LogP contribution in [0.1, 0.15) is 20.8 Å². The highest BCUT2D eigenvalue weighted by molar-refractivity contribution is 7.92. The zero-order valence-electron chi connectivity index (χ0n) is 17.7. The number of anilines is 1. The average molecular weight is 457 g/mol. The minimum absolute atomic E-state index is 0.0657. The fourth-order valence-corrected chi connectivity index (χ4v) is 4.75. The summed E-state index contributed by atoms with van der Waals surface area (Å²) < 4.78 is 41.2. The van der Waals surface area contributed by atoms with Gasteiger partial charge in [-0.3, -0.25) is 10.1 Å². The molecule has 1 unspecified atom stereocenters. The molecule has 1 aromatic rings. The van der Waals surface area contributed by atoms with Crippen LogP contribution in [0.25, 0.3) is 0 Å². The molecule has 2 N–H and O–H groups in total. The summed E-state index contributed by atoms with van der Waals surface area (Å²) in [6.45, 7) is 6.22. The van der Waals surface area contributed by atoms with E-state index in [1.54, 1.807) is 20.8 Å². The Morgan fingerprint density at radius 3 is 2.52 bits per heavy atom. The molecule has 2 saturated heterocycles. The minimum Gasteiger partial charge on any atom is -0.458 e. The van der Waals surface area contributed by atoms with Crippen molar-refractivity contribution >= 4 is 27.4 Å². The first-order valence-electron chi connectivity index (χ1n) is 10.00. The van der Waals surface area contributed by atoms with Gasteiger partial charge in [0.2, 0.25) is 0 Å². The van der Waals surface area contributed by atoms with Gasteiger partial charge in [0, 0.05) is 18.8 Å². The summed E-state index contributed by atoms with van der Waals surface area (Å²) in [7, 11) is -3.64. The Hall–Kier alpha value is -2.05. The number of aliphatic hydroxyl groups is 1. The van der Waals surface area contributed by atoms with E-state index in [1.165, 1.54) is 29.2 Å². The van der Waals surface area contributed by atoms with E-state index in [2.05, 4.69) is 5.32 Å². The second kappa shape index (κ2) is 9.21. The summed E-state index contributed by atoms with van der Waals surface area (Å²) in [5.74, 6) is -1.56. The first kappa shape index (κ1) is 23.6. The fraction of sp³-hybridized carbons (Fsp3) is 0.600. The molecule has 172 valence electrons. The van der Waals surface area contributed by atoms with Crippen molar-refractivity contribution < 1.29 is 37.3 Å². The van der Waals surface area contributed by atoms with Crippen LogP contribution in [0.15, 0.2) is 29.2 Å². The second-order valence-electron chi connectivity index (χ2n) is 8.32. The number of morpholine rings is 2. The van der Waals surface area contributed by atoms with E-state index < -0.39 is 44.9 Å². The Kier molecular flexibility index (Phi) is 7.01. The molecule has 2 aliphatic rings. The van der Waals surface area contributed by atoms with Crippen LogP contribution in [0.3, 0.4) is 0 Å². The lowest BCUT2D eigenvalue weighted by atomic mass is 10.1. The Morgan fingerprint density at radius 2 is 1.94 bits per heavy atom. The molecule has 0 saturated carbocycles. The number of nitrogens with one attached hydrogen (secondary N) is 1. The number of ether oxygens (including phenoxy) is 3. The molecular weight excluding hydrogens is 428 g/mol. The molecule has 31 heavy (non-hydrogen) atoms. The summed E-state index contributed by atoms with van der Waals surface area (Å²) in [6.07, 6.45) is -3.18. The van der Waals surface area contributed by atoms with E-state index in [-0.39, 0.29) is 24.7 Å². The van der Waals surface area contributed by atoms with Crippen molar-refractivity contribution in [1.29, 1.82) is 0 Å². The monoisotopic (exact) mass is 456 g/mol. The molecule has 0 radical (unpaired) electrons. The highest BCUT2D eigenvalue weighted by Crippen LogP contribution is 2.25. The van der Waals surface area contributed by atoms with E-state index in [1.807, 2.05) is 0 Å². The third-order valence-electron chi connectivity index (χ3n) is 4.80. The van der Waals surface area contributed by atoms with Gasteiger partial charge >= 0.3 is 5.97 Å². The quantitative estimate of drug-likeness (QED) is 0.580. The zero-order chi connectivity index (χ0) is 22.8. The molecule has 0 spiro atoms. The first-order chi connectivity index (χ1) is 14.5. The van der Waals surface area contributed by atoms with Gasteiger partial charge in [0.05, 0.1) is 24.7 Å². The van der Waals surface area contributed by atoms with Crippen LogP contribution in [0.4, 0.5) is 5.69 Å². The maximum atomic E-state index is 12.9. The van der Waals surface area contributed by atoms with Crippen molar-refractivity contribution in [2.24, 2.45) is 0 Å². The Balaban J connectivity index is 1.73. The maximum Gasteiger partial charge on any atom is 0.338 e. The first-order valence-corrected chi connectivity index (χ1v) is 11.5. The smallest absolute Gasteiger partial charge is 0.338 e. The lowest BCUT2D eigenvalue weighted by molar-refractivity contribution is -0.177. The molecule has 2 aliphatic heterocycles. The molecule has 0 aromatic heterocycles. The number of amides is 1. The molecule has 3 rings (SSSR count). The summed E-state index contributed by atoms with van der Waals surface area (Å²) in [5, 5.41) is 12.4. The van der Waals surface area contributed by atoms with Gasteiger partial charge in [-0.05, 0) is 45.0 Å². The van der Waals surface area contributed by atoms with Crippen molar-refractivity contribution in [2.75, 3.05) is 37.8 Å². The topological polar surface area (TPSA) is 131 Å². The van der Waals surface area contributed by atoms with Crippen molar-refractivity contribution in [1.82, 2.24) is 5.32 Å². The standard InChI is InChI=1S/C20H28N2O8S/c1-20(2,3)30-19(25)16(23)17-18(24)22(9-11-29-17)13-4-6-14(7-5-13)31(26,27)15-12-28-10-8-21-15/h4-7,15-17,21,23H,8-12H2,1-3H3/t15?,16-,17-/m1/s1. The van der Waals surface area contributed by atoms with E-state index >= 15 is 0 Å². The van der Waals surface area contributed by atoms with Gasteiger partial charge < -0.3 is 24.2 Å². The lowest BCUT2D eigenvalue weighted by Gasteiger charge is -2.34. The predicted molar refractivity (Wildman–Crippen MR) is 110 cm³/mol. The minimum atomic E-state index is -3.64. The molecule has 3 atom stereocenters. The van der Waals surface area contributed by atoms with Gasteiger partial charge in [-0.25, -0.2) is 13.2 Å². The van der Waals surface area contributed by atoms with Gasteiger partial charge in [0.15, 0.2) is 22.0 Å². The Morgan fingerprint density at radius 1 is 1.26 bits per heavy atom. The Labute approximate surface area is 181 Å². The van der Waals surface area contributed by atoms with E-state index in [4.69, 9.17) is 14.2 Å². The normalized spacial score (nSPS) is 24.0. The van der Waals surface area contributed by atoms with Crippen LogP contribution in [0.5, 0.6) is 0 Å². The number of carbonyl (C=O) groups is 2. The largest absolute Gasteiger partial charge is 0.458 e. The number of sulfone groups is 1. The summed E-state index contributed by atoms with van der Waals surface area (Å²) in [4.78, 5) is 26.5. The molecule has 0 bridgehead atoms. The average Bonchev–Trinajstić information content (AvgIpc) is 2.73. The number of esters is 1. The molecule has 10 nitrogen and oxygen atoms in total. The molecule has 0 aliphatic carbocycles. The molecule has 1 amide bonds. The molecule has 1 aromatic carbocycles. The van der Waals surface area contributed by atoms with Crippen molar-refractivity contribution in [3.63, 3.8) is 0 Å². The van der Waals surface area contributed by atoms with Crippen molar-refractivity contribution in [2.45, 2.75) is 48.8 Å². The third kappa shape index (κ3) is 5.42. The van der Waals surface area contributed by atoms with Gasteiger partial charge in [-0.1, -0.05) is 0 Å². The number of nitrogens with zero attached hydrogens (tertiary/aromatic N) is 1. The van der Waals surface area contributed by atoms with Crippen LogP contribution in [0.2, 0.25) is 0 Å². The number of hydrogen-bond donors (Lipinski definition) is 2. The van der Waals surface area contributed by atoms with Crippen LogP contribution in [0, 0.1) is 0 Å². The summed E-state index contributed by atoms with van der Waals surface area (Å²) in [6, 6.07) is 5.86. The predicted octanol–water partition coefficient (Wildman–Crippen LogP) is -0.159. The van der Waals surface area contributed by atoms with Gasteiger partial charge in [0.25, 0.3) is 5.91 Å². The number of benzene rings is 1. The van der Waals surface area contributed by atoms with Crippen LogP contribution < -0.4 is 10.2 Å². The highest BCUT2D eigenvalue weighted by atomic mass is 32.2. The SMILES string of the molecule is CC(C)(C)OC(=O)[C@H](O)[C@H]1OCCN(c2ccc(S(=O)(=O)C3COCCN3)cc2)C1=O. The molecule has 11 heteroatoms. The van der Waals surface area contributed by atoms with Crippen LogP contribution in [-0.4, -0.2) is 81.5 Å². The van der Waals surface area contributed by atoms with Gasteiger partial charge in [-0.2, -0.15) is 0 Å². The van der Waals surface area contributed by atoms with Crippen LogP contribution in [-0.2, 0) is 33.6 Å². The van der Waals surface area contributed by atoms with E-state index in [0.29, 0.717) is 18.8 Å². The summed E-state index contributed by atoms with van der Waals surface area (Å²) >= 11 is 0. The van der Waals surface area contributed by atoms with Crippen molar-refractivity contribution in [3.05, 3.63) is 24.3 Å². The second-order valence-corrected chi connectivity index (χ2v) is 10.4. The fourth-order valence-electron chi connectivity index (χ4n) is 3.30. The molecular formula is C20H28N2O8S. The van der Waals surface area contributed by atoms with Gasteiger partial charge in [0.1, 0.15) is 11.0 Å². The number of aliphatic hydroxyl groups excluding tert-OH is 1. The van der Waals surface area contributed by atoms with Crippen LogP contribution >= 0.6 is 0 Å². The van der Waals surface area contributed by atoms with Gasteiger partial charge in [-0.15, -0.1) is 0 Å². The number of hydrogen-bond acceptors (Lipinski definition) is 9. The number of carbonyl (C=O) groups excluding carboxylic acids is 2. The highest BCUT2D eigenvalue weighted by Gasteiger charge is 2.41. The van der Waals surface area contributed by atoms with E-state index in [9.17, 15) is 23.1 Å². The van der Waals surface area contributed by atoms with Crippen molar-refractivity contribution in [3.8, 4) is 0 Å². The molecule has 2 heterocycles. The van der Waals surface area contributed by atoms with E-state index in [0.717, 1.165) is 0 Å². The Bertz CT molecular complexity index is 904. The zero-order valence-corrected chi connectivity index (χ0v) is 18.6. The molecule has 2 fully saturated rings. The third-order valence-corrected chi connectivity index (χ3v) is 6.78. The lowest BCUT2D eigenvalue weighted by Crippen LogP contribution is -2.55. The summed E-state index contributed by atoms with van der Waals surface area (Å²) in [5.41, 5.74) is -0.392.